The van der Waals surface area contributed by atoms with E-state index in [4.69, 9.17) is 0 Å². The molecule has 1 nitrogen and oxygen atoms in total. The van der Waals surface area contributed by atoms with Crippen molar-refractivity contribution in [1.29, 1.82) is 0 Å². The first-order valence-corrected chi connectivity index (χ1v) is 6.06. The predicted octanol–water partition coefficient (Wildman–Crippen LogP) is 4.13. The van der Waals surface area contributed by atoms with Gasteiger partial charge in [-0.3, -0.25) is 0 Å². The predicted molar refractivity (Wildman–Crippen MR) is 68.4 cm³/mol. The summed E-state index contributed by atoms with van der Waals surface area (Å²) in [6.07, 6.45) is -4.53. The van der Waals surface area contributed by atoms with Gasteiger partial charge in [-0.1, -0.05) is 30.3 Å². The van der Waals surface area contributed by atoms with Crippen LogP contribution < -0.4 is 5.32 Å². The van der Waals surface area contributed by atoms with E-state index < -0.39 is 17.6 Å². The fourth-order valence-electron chi connectivity index (χ4n) is 1.86. The lowest BCUT2D eigenvalue weighted by Crippen LogP contribution is -2.14. The maximum atomic E-state index is 13.2. The summed E-state index contributed by atoms with van der Waals surface area (Å²) in [4.78, 5) is 0. The maximum absolute atomic E-state index is 13.2. The fraction of sp³-hybridized carbons (Fsp3) is 0.200. The fourth-order valence-corrected chi connectivity index (χ4v) is 1.86. The Hall–Kier alpha value is -1.88. The van der Waals surface area contributed by atoms with Crippen molar-refractivity contribution in [3.05, 3.63) is 71.0 Å². The van der Waals surface area contributed by atoms with Crippen molar-refractivity contribution in [2.45, 2.75) is 19.3 Å². The molecule has 0 aliphatic carbocycles. The van der Waals surface area contributed by atoms with Crippen LogP contribution in [0.5, 0.6) is 0 Å². The summed E-state index contributed by atoms with van der Waals surface area (Å²) < 4.78 is 50.8. The standard InChI is InChI=1S/C15H13F4N/c16-14-7-12(6-13(8-14)15(17,18)19)10-20-9-11-4-2-1-3-5-11/h1-8,20H,9-10H2. The molecular weight excluding hydrogens is 270 g/mol. The van der Waals surface area contributed by atoms with E-state index in [9.17, 15) is 17.6 Å². The molecule has 20 heavy (non-hydrogen) atoms. The lowest BCUT2D eigenvalue weighted by atomic mass is 10.1. The molecule has 1 N–H and O–H groups in total. The molecule has 0 radical (unpaired) electrons. The number of halogens is 4. The first-order valence-electron chi connectivity index (χ1n) is 6.06. The summed E-state index contributed by atoms with van der Waals surface area (Å²) in [5.74, 6) is -0.878. The first-order chi connectivity index (χ1) is 9.45. The van der Waals surface area contributed by atoms with Crippen molar-refractivity contribution in [2.24, 2.45) is 0 Å². The van der Waals surface area contributed by atoms with Gasteiger partial charge in [-0.2, -0.15) is 13.2 Å². The van der Waals surface area contributed by atoms with Crippen LogP contribution in [0, 0.1) is 5.82 Å². The molecule has 0 aliphatic rings. The highest BCUT2D eigenvalue weighted by Crippen LogP contribution is 2.30. The molecule has 0 heterocycles. The van der Waals surface area contributed by atoms with E-state index in [2.05, 4.69) is 5.32 Å². The number of benzene rings is 2. The average Bonchev–Trinajstić information content (AvgIpc) is 2.38. The SMILES string of the molecule is Fc1cc(CNCc2ccccc2)cc(C(F)(F)F)c1. The minimum atomic E-state index is -4.53. The molecule has 0 aliphatic heterocycles. The molecule has 0 aromatic heterocycles. The van der Waals surface area contributed by atoms with Gasteiger partial charge in [0.25, 0.3) is 0 Å². The van der Waals surface area contributed by atoms with Crippen molar-refractivity contribution < 1.29 is 17.6 Å². The number of nitrogens with one attached hydrogen (secondary N) is 1. The zero-order valence-corrected chi connectivity index (χ0v) is 10.5. The highest BCUT2D eigenvalue weighted by Gasteiger charge is 2.31. The first kappa shape index (κ1) is 14.5. The Morgan fingerprint density at radius 3 is 2.15 bits per heavy atom. The van der Waals surface area contributed by atoms with Gasteiger partial charge in [0, 0.05) is 13.1 Å². The number of hydrogen-bond donors (Lipinski definition) is 1. The molecule has 0 unspecified atom stereocenters. The van der Waals surface area contributed by atoms with Gasteiger partial charge in [-0.05, 0) is 29.3 Å². The van der Waals surface area contributed by atoms with Crippen LogP contribution in [-0.4, -0.2) is 0 Å². The molecule has 0 spiro atoms. The molecule has 0 saturated heterocycles. The van der Waals surface area contributed by atoms with E-state index >= 15 is 0 Å². The summed E-state index contributed by atoms with van der Waals surface area (Å²) in [6, 6.07) is 12.0. The summed E-state index contributed by atoms with van der Waals surface area (Å²) in [5, 5.41) is 2.99. The van der Waals surface area contributed by atoms with E-state index in [1.54, 1.807) is 0 Å². The van der Waals surface area contributed by atoms with Gasteiger partial charge in [-0.25, -0.2) is 4.39 Å². The molecule has 0 fully saturated rings. The van der Waals surface area contributed by atoms with Crippen LogP contribution in [0.25, 0.3) is 0 Å². The third-order valence-corrected chi connectivity index (χ3v) is 2.79. The van der Waals surface area contributed by atoms with Gasteiger partial charge >= 0.3 is 6.18 Å². The van der Waals surface area contributed by atoms with Crippen LogP contribution in [0.4, 0.5) is 17.6 Å². The van der Waals surface area contributed by atoms with Gasteiger partial charge in [0.1, 0.15) is 5.82 Å². The average molecular weight is 283 g/mol. The zero-order chi connectivity index (χ0) is 14.6. The van der Waals surface area contributed by atoms with Crippen molar-refractivity contribution in [3.8, 4) is 0 Å². The Morgan fingerprint density at radius 2 is 1.50 bits per heavy atom. The summed E-state index contributed by atoms with van der Waals surface area (Å²) in [7, 11) is 0. The van der Waals surface area contributed by atoms with Crippen LogP contribution in [-0.2, 0) is 19.3 Å². The molecule has 2 rings (SSSR count). The number of alkyl halides is 3. The van der Waals surface area contributed by atoms with Crippen LogP contribution in [0.2, 0.25) is 0 Å². The van der Waals surface area contributed by atoms with Gasteiger partial charge in [-0.15, -0.1) is 0 Å². The highest BCUT2D eigenvalue weighted by atomic mass is 19.4. The van der Waals surface area contributed by atoms with Crippen molar-refractivity contribution in [2.75, 3.05) is 0 Å². The third-order valence-electron chi connectivity index (χ3n) is 2.79. The second-order valence-corrected chi connectivity index (χ2v) is 4.44. The molecule has 106 valence electrons. The molecular formula is C15H13F4N. The quantitative estimate of drug-likeness (QED) is 0.832. The monoisotopic (exact) mass is 283 g/mol. The summed E-state index contributed by atoms with van der Waals surface area (Å²) in [5.41, 5.74) is 0.321. The summed E-state index contributed by atoms with van der Waals surface area (Å²) in [6.45, 7) is 0.689. The second kappa shape index (κ2) is 6.05. The minimum absolute atomic E-state index is 0.176. The molecule has 2 aromatic rings. The molecule has 2 aromatic carbocycles. The van der Waals surface area contributed by atoms with Crippen molar-refractivity contribution >= 4 is 0 Å². The third kappa shape index (κ3) is 4.06. The Balaban J connectivity index is 2.01. The second-order valence-electron chi connectivity index (χ2n) is 4.44. The van der Waals surface area contributed by atoms with Gasteiger partial charge in [0.15, 0.2) is 0 Å². The summed E-state index contributed by atoms with van der Waals surface area (Å²) >= 11 is 0. The minimum Gasteiger partial charge on any atom is -0.309 e. The largest absolute Gasteiger partial charge is 0.416 e. The lowest BCUT2D eigenvalue weighted by molar-refractivity contribution is -0.137. The van der Waals surface area contributed by atoms with Crippen LogP contribution in [0.3, 0.4) is 0 Å². The molecule has 5 heteroatoms. The van der Waals surface area contributed by atoms with Gasteiger partial charge < -0.3 is 5.32 Å². The van der Waals surface area contributed by atoms with Crippen LogP contribution >= 0.6 is 0 Å². The van der Waals surface area contributed by atoms with Gasteiger partial charge in [0.05, 0.1) is 5.56 Å². The molecule has 0 amide bonds. The highest BCUT2D eigenvalue weighted by molar-refractivity contribution is 5.27. The normalized spacial score (nSPS) is 11.6. The van der Waals surface area contributed by atoms with Crippen molar-refractivity contribution in [1.82, 2.24) is 5.32 Å². The van der Waals surface area contributed by atoms with Gasteiger partial charge in [0.2, 0.25) is 0 Å². The van der Waals surface area contributed by atoms with Crippen molar-refractivity contribution in [3.63, 3.8) is 0 Å². The van der Waals surface area contributed by atoms with E-state index in [0.29, 0.717) is 12.6 Å². The molecule has 0 atom stereocenters. The lowest BCUT2D eigenvalue weighted by Gasteiger charge is -2.10. The Bertz CT molecular complexity index is 564. The van der Waals surface area contributed by atoms with E-state index in [-0.39, 0.29) is 12.1 Å². The van der Waals surface area contributed by atoms with Crippen LogP contribution in [0.15, 0.2) is 48.5 Å². The van der Waals surface area contributed by atoms with E-state index in [1.807, 2.05) is 30.3 Å². The molecule has 0 bridgehead atoms. The Labute approximate surface area is 114 Å². The topological polar surface area (TPSA) is 12.0 Å². The Kier molecular flexibility index (Phi) is 4.39. The maximum Gasteiger partial charge on any atom is 0.416 e. The number of hydrogen-bond acceptors (Lipinski definition) is 1. The smallest absolute Gasteiger partial charge is 0.309 e. The van der Waals surface area contributed by atoms with Crippen LogP contribution in [0.1, 0.15) is 16.7 Å². The zero-order valence-electron chi connectivity index (χ0n) is 10.5. The van der Waals surface area contributed by atoms with E-state index in [1.165, 1.54) is 0 Å². The Morgan fingerprint density at radius 1 is 0.850 bits per heavy atom. The van der Waals surface area contributed by atoms with E-state index in [0.717, 1.165) is 17.7 Å². The molecule has 0 saturated carbocycles. The number of rotatable bonds is 4.